The molecule has 0 N–H and O–H groups in total. The van der Waals surface area contributed by atoms with Crippen LogP contribution in [0.2, 0.25) is 0 Å². The van der Waals surface area contributed by atoms with Crippen LogP contribution >= 0.6 is 0 Å². The van der Waals surface area contributed by atoms with Gasteiger partial charge in [-0.15, -0.1) is 0 Å². The topological polar surface area (TPSA) is 35.5 Å². The van der Waals surface area contributed by atoms with Crippen LogP contribution in [0.25, 0.3) is 0 Å². The molecule has 19 heavy (non-hydrogen) atoms. The number of hydrogen-bond acceptors (Lipinski definition) is 3. The van der Waals surface area contributed by atoms with Crippen molar-refractivity contribution in [3.8, 4) is 11.5 Å². The van der Waals surface area contributed by atoms with E-state index in [0.717, 1.165) is 12.1 Å². The van der Waals surface area contributed by atoms with Crippen LogP contribution in [0, 0.1) is 11.6 Å². The van der Waals surface area contributed by atoms with E-state index in [2.05, 4.69) is 0 Å². The van der Waals surface area contributed by atoms with Crippen LogP contribution in [0.15, 0.2) is 42.5 Å². The van der Waals surface area contributed by atoms with Gasteiger partial charge >= 0.3 is 5.97 Å². The molecule has 0 heterocycles. The van der Waals surface area contributed by atoms with E-state index in [9.17, 15) is 13.6 Å². The molecule has 0 radical (unpaired) electrons. The third-order valence-electron chi connectivity index (χ3n) is 2.37. The summed E-state index contributed by atoms with van der Waals surface area (Å²) in [6.45, 7) is 0. The van der Waals surface area contributed by atoms with E-state index in [1.54, 1.807) is 12.1 Å². The van der Waals surface area contributed by atoms with E-state index in [4.69, 9.17) is 9.47 Å². The fraction of sp³-hybridized carbons (Fsp3) is 0.0714. The van der Waals surface area contributed by atoms with Gasteiger partial charge in [-0.1, -0.05) is 0 Å². The Morgan fingerprint density at radius 3 is 2.05 bits per heavy atom. The molecular weight excluding hydrogens is 254 g/mol. The Morgan fingerprint density at radius 2 is 1.53 bits per heavy atom. The second-order valence-corrected chi connectivity index (χ2v) is 3.72. The normalized spacial score (nSPS) is 10.1. The van der Waals surface area contributed by atoms with Crippen LogP contribution in [0.3, 0.4) is 0 Å². The van der Waals surface area contributed by atoms with Crippen molar-refractivity contribution >= 4 is 5.97 Å². The van der Waals surface area contributed by atoms with Gasteiger partial charge in [0.05, 0.1) is 12.7 Å². The van der Waals surface area contributed by atoms with Gasteiger partial charge in [0.25, 0.3) is 0 Å². The van der Waals surface area contributed by atoms with Crippen molar-refractivity contribution in [3.63, 3.8) is 0 Å². The molecule has 5 heteroatoms. The third kappa shape index (κ3) is 3.28. The number of methoxy groups -OCH3 is 1. The van der Waals surface area contributed by atoms with Gasteiger partial charge in [0.2, 0.25) is 0 Å². The first-order valence-corrected chi connectivity index (χ1v) is 5.41. The minimum atomic E-state index is -0.808. The summed E-state index contributed by atoms with van der Waals surface area (Å²) in [4.78, 5) is 11.7. The van der Waals surface area contributed by atoms with Crippen LogP contribution in [-0.2, 0) is 0 Å². The maximum absolute atomic E-state index is 12.9. The van der Waals surface area contributed by atoms with Crippen LogP contribution in [0.5, 0.6) is 11.5 Å². The largest absolute Gasteiger partial charge is 0.497 e. The number of halogens is 2. The lowest BCUT2D eigenvalue weighted by Crippen LogP contribution is -2.08. The highest BCUT2D eigenvalue weighted by molar-refractivity contribution is 5.91. The number of carbonyl (C=O) groups is 1. The Kier molecular flexibility index (Phi) is 3.75. The summed E-state index contributed by atoms with van der Waals surface area (Å²) in [6.07, 6.45) is 0. The van der Waals surface area contributed by atoms with Crippen molar-refractivity contribution in [2.75, 3.05) is 7.11 Å². The average molecular weight is 264 g/mol. The van der Waals surface area contributed by atoms with Crippen molar-refractivity contribution in [2.45, 2.75) is 0 Å². The smallest absolute Gasteiger partial charge is 0.343 e. The maximum atomic E-state index is 12.9. The summed E-state index contributed by atoms with van der Waals surface area (Å²) in [5.74, 6) is -1.91. The lowest BCUT2D eigenvalue weighted by molar-refractivity contribution is 0.0734. The minimum Gasteiger partial charge on any atom is -0.497 e. The SMILES string of the molecule is COc1ccc(C(=O)Oc2cc(F)cc(F)c2)cc1. The van der Waals surface area contributed by atoms with Crippen molar-refractivity contribution in [2.24, 2.45) is 0 Å². The minimum absolute atomic E-state index is 0.182. The molecule has 0 aliphatic heterocycles. The molecule has 0 aromatic heterocycles. The zero-order valence-electron chi connectivity index (χ0n) is 10.0. The highest BCUT2D eigenvalue weighted by atomic mass is 19.1. The first kappa shape index (κ1) is 13.0. The molecule has 0 amide bonds. The molecule has 98 valence electrons. The van der Waals surface area contributed by atoms with Crippen LogP contribution in [-0.4, -0.2) is 13.1 Å². The Balaban J connectivity index is 2.15. The lowest BCUT2D eigenvalue weighted by atomic mass is 10.2. The van der Waals surface area contributed by atoms with E-state index < -0.39 is 17.6 Å². The van der Waals surface area contributed by atoms with Gasteiger partial charge in [-0.25, -0.2) is 13.6 Å². The molecule has 0 spiro atoms. The zero-order chi connectivity index (χ0) is 13.8. The van der Waals surface area contributed by atoms with Crippen LogP contribution in [0.4, 0.5) is 8.78 Å². The van der Waals surface area contributed by atoms with Crippen LogP contribution < -0.4 is 9.47 Å². The van der Waals surface area contributed by atoms with Gasteiger partial charge in [0.15, 0.2) is 0 Å². The number of ether oxygens (including phenoxy) is 2. The average Bonchev–Trinajstić information content (AvgIpc) is 2.37. The second kappa shape index (κ2) is 5.48. The van der Waals surface area contributed by atoms with Gasteiger partial charge in [-0.3, -0.25) is 0 Å². The maximum Gasteiger partial charge on any atom is 0.343 e. The van der Waals surface area contributed by atoms with E-state index in [0.29, 0.717) is 11.8 Å². The summed E-state index contributed by atoms with van der Waals surface area (Å²) in [7, 11) is 1.50. The molecule has 0 aliphatic rings. The molecule has 0 saturated heterocycles. The van der Waals surface area contributed by atoms with Crippen molar-refractivity contribution in [3.05, 3.63) is 59.7 Å². The van der Waals surface area contributed by atoms with Gasteiger partial charge in [-0.2, -0.15) is 0 Å². The first-order valence-electron chi connectivity index (χ1n) is 5.41. The van der Waals surface area contributed by atoms with Gasteiger partial charge in [0.1, 0.15) is 23.1 Å². The fourth-order valence-electron chi connectivity index (χ4n) is 1.48. The van der Waals surface area contributed by atoms with E-state index in [1.807, 2.05) is 0 Å². The molecule has 0 unspecified atom stereocenters. The molecule has 3 nitrogen and oxygen atoms in total. The predicted octanol–water partition coefficient (Wildman–Crippen LogP) is 3.19. The van der Waals surface area contributed by atoms with Crippen molar-refractivity contribution < 1.29 is 23.0 Å². The second-order valence-electron chi connectivity index (χ2n) is 3.72. The standard InChI is InChI=1S/C14H10F2O3/c1-18-12-4-2-9(3-5-12)14(17)19-13-7-10(15)6-11(16)8-13/h2-8H,1H3. The van der Waals surface area contributed by atoms with Crippen molar-refractivity contribution in [1.82, 2.24) is 0 Å². The monoisotopic (exact) mass is 264 g/mol. The molecule has 2 aromatic rings. The summed E-state index contributed by atoms with van der Waals surface area (Å²) in [5, 5.41) is 0. The number of carbonyl (C=O) groups excluding carboxylic acids is 1. The molecule has 0 atom stereocenters. The molecule has 0 bridgehead atoms. The number of benzene rings is 2. The van der Waals surface area contributed by atoms with Gasteiger partial charge in [0, 0.05) is 18.2 Å². The Bertz CT molecular complexity index is 574. The molecule has 0 saturated carbocycles. The summed E-state index contributed by atoms with van der Waals surface area (Å²) in [5.41, 5.74) is 0.255. The predicted molar refractivity (Wildman–Crippen MR) is 64.3 cm³/mol. The summed E-state index contributed by atoms with van der Waals surface area (Å²) >= 11 is 0. The molecule has 0 fully saturated rings. The summed E-state index contributed by atoms with van der Waals surface area (Å²) in [6, 6.07) is 8.73. The first-order chi connectivity index (χ1) is 9.08. The van der Waals surface area contributed by atoms with Crippen LogP contribution in [0.1, 0.15) is 10.4 Å². The molecule has 2 aromatic carbocycles. The lowest BCUT2D eigenvalue weighted by Gasteiger charge is -2.05. The Morgan fingerprint density at radius 1 is 0.947 bits per heavy atom. The zero-order valence-corrected chi connectivity index (χ0v) is 10.0. The highest BCUT2D eigenvalue weighted by Gasteiger charge is 2.10. The quantitative estimate of drug-likeness (QED) is 0.631. The number of rotatable bonds is 3. The number of hydrogen-bond donors (Lipinski definition) is 0. The highest BCUT2D eigenvalue weighted by Crippen LogP contribution is 2.18. The fourth-order valence-corrected chi connectivity index (χ4v) is 1.48. The number of esters is 1. The Hall–Kier alpha value is -2.43. The van der Waals surface area contributed by atoms with E-state index in [1.165, 1.54) is 19.2 Å². The van der Waals surface area contributed by atoms with Crippen molar-refractivity contribution in [1.29, 1.82) is 0 Å². The van der Waals surface area contributed by atoms with Gasteiger partial charge in [-0.05, 0) is 24.3 Å². The Labute approximate surface area is 108 Å². The molecule has 2 rings (SSSR count). The van der Waals surface area contributed by atoms with Gasteiger partial charge < -0.3 is 9.47 Å². The molecular formula is C14H10F2O3. The molecule has 0 aliphatic carbocycles. The third-order valence-corrected chi connectivity index (χ3v) is 2.37. The van der Waals surface area contributed by atoms with E-state index in [-0.39, 0.29) is 11.3 Å². The van der Waals surface area contributed by atoms with E-state index >= 15 is 0 Å². The summed E-state index contributed by atoms with van der Waals surface area (Å²) < 4.78 is 35.7.